The van der Waals surface area contributed by atoms with Crippen molar-refractivity contribution >= 4 is 11.7 Å². The Bertz CT molecular complexity index is 325. The minimum Gasteiger partial charge on any atom is -0.430 e. The number of unbranched alkanes of at least 4 members (excludes halogenated alkanes) is 2. The fourth-order valence-electron chi connectivity index (χ4n) is 1.18. The molecule has 7 nitrogen and oxygen atoms in total. The van der Waals surface area contributed by atoms with Gasteiger partial charge < -0.3 is 9.94 Å². The molecule has 0 aliphatic carbocycles. The van der Waals surface area contributed by atoms with Crippen molar-refractivity contribution in [3.8, 4) is 0 Å². The number of rotatable bonds is 9. The van der Waals surface area contributed by atoms with E-state index in [2.05, 4.69) is 5.16 Å². The molecule has 0 rings (SSSR count). The Hall–Kier alpha value is -1.92. The largest absolute Gasteiger partial charge is 0.430 e. The van der Waals surface area contributed by atoms with E-state index in [0.29, 0.717) is 19.3 Å². The highest BCUT2D eigenvalue weighted by molar-refractivity contribution is 6.36. The van der Waals surface area contributed by atoms with Gasteiger partial charge in [0.2, 0.25) is 6.54 Å². The number of hydrogen-bond acceptors (Lipinski definition) is 6. The van der Waals surface area contributed by atoms with Crippen LogP contribution < -0.4 is 0 Å². The summed E-state index contributed by atoms with van der Waals surface area (Å²) in [5.74, 6) is -0.698. The van der Waals surface area contributed by atoms with Gasteiger partial charge in [0.1, 0.15) is 0 Å². The Morgan fingerprint density at radius 3 is 2.72 bits per heavy atom. The van der Waals surface area contributed by atoms with E-state index in [-0.39, 0.29) is 23.6 Å². The molecule has 0 bridgehead atoms. The van der Waals surface area contributed by atoms with Crippen molar-refractivity contribution in [3.63, 3.8) is 0 Å². The molecule has 0 heterocycles. The molecule has 0 aliphatic heterocycles. The Morgan fingerprint density at radius 1 is 1.44 bits per heavy atom. The summed E-state index contributed by atoms with van der Waals surface area (Å²) in [6.07, 6.45) is 5.46. The normalized spacial score (nSPS) is 11.7. The Morgan fingerprint density at radius 2 is 2.17 bits per heavy atom. The number of hydrogen-bond donors (Lipinski definition) is 1. The van der Waals surface area contributed by atoms with E-state index in [0.717, 1.165) is 6.42 Å². The maximum atomic E-state index is 11.3. The van der Waals surface area contributed by atoms with Gasteiger partial charge in [0.05, 0.1) is 6.26 Å². The molecule has 18 heavy (non-hydrogen) atoms. The molecule has 0 aliphatic rings. The molecule has 0 atom stereocenters. The van der Waals surface area contributed by atoms with Crippen LogP contribution in [-0.2, 0) is 9.53 Å². The van der Waals surface area contributed by atoms with Crippen molar-refractivity contribution in [1.82, 2.24) is 0 Å². The minimum atomic E-state index is -0.698. The zero-order valence-corrected chi connectivity index (χ0v) is 10.4. The number of carbonyl (C=O) groups is 1. The Balaban J connectivity index is 3.87. The average molecular weight is 258 g/mol. The first kappa shape index (κ1) is 16.1. The molecule has 0 aromatic heterocycles. The molecule has 0 aromatic carbocycles. The summed E-state index contributed by atoms with van der Waals surface area (Å²) >= 11 is 0. The van der Waals surface area contributed by atoms with Crippen LogP contribution >= 0.6 is 0 Å². The van der Waals surface area contributed by atoms with Gasteiger partial charge in [-0.05, 0) is 25.3 Å². The third-order valence-electron chi connectivity index (χ3n) is 2.12. The third kappa shape index (κ3) is 8.26. The van der Waals surface area contributed by atoms with E-state index >= 15 is 0 Å². The summed E-state index contributed by atoms with van der Waals surface area (Å²) in [6.45, 7) is 1.80. The van der Waals surface area contributed by atoms with Crippen LogP contribution in [0.3, 0.4) is 0 Å². The number of nitrogens with zero attached hydrogens (tertiary/aromatic N) is 2. The van der Waals surface area contributed by atoms with E-state index in [1.54, 1.807) is 6.08 Å². The molecule has 0 amide bonds. The van der Waals surface area contributed by atoms with Crippen LogP contribution in [0.15, 0.2) is 17.5 Å². The van der Waals surface area contributed by atoms with Crippen LogP contribution in [0.5, 0.6) is 0 Å². The van der Waals surface area contributed by atoms with Gasteiger partial charge in [0.15, 0.2) is 5.71 Å². The van der Waals surface area contributed by atoms with Gasteiger partial charge in [-0.3, -0.25) is 10.1 Å². The first-order valence-electron chi connectivity index (χ1n) is 5.80. The zero-order valence-electron chi connectivity index (χ0n) is 10.4. The highest BCUT2D eigenvalue weighted by Crippen LogP contribution is 2.03. The number of allylic oxidation sites excluding steroid dienone is 1. The van der Waals surface area contributed by atoms with E-state index in [4.69, 9.17) is 9.94 Å². The molecule has 7 heteroatoms. The summed E-state index contributed by atoms with van der Waals surface area (Å²) in [4.78, 5) is 21.0. The summed E-state index contributed by atoms with van der Waals surface area (Å²) in [5.41, 5.74) is -0.0724. The van der Waals surface area contributed by atoms with Crippen molar-refractivity contribution < 1.29 is 19.7 Å². The van der Waals surface area contributed by atoms with Crippen LogP contribution in [0.25, 0.3) is 0 Å². The average Bonchev–Trinajstić information content (AvgIpc) is 2.33. The topological polar surface area (TPSA) is 102 Å². The highest BCUT2D eigenvalue weighted by Gasteiger charge is 2.12. The van der Waals surface area contributed by atoms with Crippen molar-refractivity contribution in [2.24, 2.45) is 5.16 Å². The first-order valence-corrected chi connectivity index (χ1v) is 5.80. The smallest absolute Gasteiger partial charge is 0.360 e. The van der Waals surface area contributed by atoms with Gasteiger partial charge >= 0.3 is 5.97 Å². The van der Waals surface area contributed by atoms with E-state index in [1.807, 2.05) is 6.92 Å². The summed E-state index contributed by atoms with van der Waals surface area (Å²) < 4.78 is 4.71. The summed E-state index contributed by atoms with van der Waals surface area (Å²) in [6, 6.07) is 0. The highest BCUT2D eigenvalue weighted by atomic mass is 16.6. The van der Waals surface area contributed by atoms with Gasteiger partial charge in [-0.15, -0.1) is 0 Å². The fraction of sp³-hybridized carbons (Fsp3) is 0.636. The predicted octanol–water partition coefficient (Wildman–Crippen LogP) is 2.12. The lowest BCUT2D eigenvalue weighted by molar-refractivity contribution is -0.480. The lowest BCUT2D eigenvalue weighted by Gasteiger charge is -2.01. The lowest BCUT2D eigenvalue weighted by Crippen LogP contribution is -2.15. The van der Waals surface area contributed by atoms with Crippen LogP contribution in [0, 0.1) is 10.1 Å². The second-order valence-electron chi connectivity index (χ2n) is 3.60. The quantitative estimate of drug-likeness (QED) is 0.130. The van der Waals surface area contributed by atoms with Crippen LogP contribution in [-0.4, -0.2) is 28.4 Å². The Kier molecular flexibility index (Phi) is 9.15. The second kappa shape index (κ2) is 10.2. The van der Waals surface area contributed by atoms with Crippen molar-refractivity contribution in [2.75, 3.05) is 6.54 Å². The van der Waals surface area contributed by atoms with Crippen LogP contribution in [0.1, 0.15) is 39.0 Å². The Labute approximate surface area is 105 Å². The first-order chi connectivity index (χ1) is 8.61. The molecular weight excluding hydrogens is 240 g/mol. The number of oxime groups is 1. The lowest BCUT2D eigenvalue weighted by atomic mass is 10.1. The van der Waals surface area contributed by atoms with E-state index in [1.165, 1.54) is 6.26 Å². The third-order valence-corrected chi connectivity index (χ3v) is 2.12. The summed E-state index contributed by atoms with van der Waals surface area (Å²) in [5, 5.41) is 21.6. The molecule has 0 saturated carbocycles. The molecule has 102 valence electrons. The van der Waals surface area contributed by atoms with Gasteiger partial charge in [-0.1, -0.05) is 12.1 Å². The second-order valence-corrected chi connectivity index (χ2v) is 3.60. The molecule has 0 saturated heterocycles. The summed E-state index contributed by atoms with van der Waals surface area (Å²) in [7, 11) is 0. The monoisotopic (exact) mass is 258 g/mol. The minimum absolute atomic E-state index is 0.0724. The van der Waals surface area contributed by atoms with Crippen LogP contribution in [0.4, 0.5) is 0 Å². The maximum absolute atomic E-state index is 11.3. The molecule has 1 N–H and O–H groups in total. The van der Waals surface area contributed by atoms with Crippen molar-refractivity contribution in [3.05, 3.63) is 22.5 Å². The van der Waals surface area contributed by atoms with Gasteiger partial charge in [0.25, 0.3) is 0 Å². The van der Waals surface area contributed by atoms with Gasteiger partial charge in [-0.2, -0.15) is 0 Å². The molecule has 0 unspecified atom stereocenters. The zero-order chi connectivity index (χ0) is 13.8. The van der Waals surface area contributed by atoms with E-state index < -0.39 is 5.97 Å². The van der Waals surface area contributed by atoms with Crippen molar-refractivity contribution in [1.29, 1.82) is 0 Å². The molecule has 0 fully saturated rings. The van der Waals surface area contributed by atoms with E-state index in [9.17, 15) is 14.9 Å². The number of carbonyl (C=O) groups excluding carboxylic acids is 1. The number of nitro groups is 1. The number of ether oxygens (including phenoxy) is 1. The fourth-order valence-corrected chi connectivity index (χ4v) is 1.18. The van der Waals surface area contributed by atoms with Crippen LogP contribution in [0.2, 0.25) is 0 Å². The van der Waals surface area contributed by atoms with Crippen molar-refractivity contribution in [2.45, 2.75) is 39.0 Å². The molecule has 0 radical (unpaired) electrons. The standard InChI is InChI=1S/C11H18N2O5/c1-2-3-9-18-11(14)10(12-15)7-5-4-6-8-13(16)17/h3,9,15H,2,4-8H2,1H3/b9-3+,12-10+. The maximum Gasteiger partial charge on any atom is 0.360 e. The molecule has 0 spiro atoms. The number of esters is 1. The van der Waals surface area contributed by atoms with Gasteiger partial charge in [-0.25, -0.2) is 4.79 Å². The predicted molar refractivity (Wildman–Crippen MR) is 65.1 cm³/mol. The molecular formula is C11H18N2O5. The molecule has 0 aromatic rings. The van der Waals surface area contributed by atoms with Gasteiger partial charge in [0, 0.05) is 17.8 Å². The SMILES string of the molecule is CC/C=C/OC(=O)/C(CCCCC[N+](=O)[O-])=N/O.